The van der Waals surface area contributed by atoms with E-state index in [2.05, 4.69) is 15.3 Å². The highest BCUT2D eigenvalue weighted by Gasteiger charge is 2.20. The van der Waals surface area contributed by atoms with Gasteiger partial charge in [-0.05, 0) is 31.5 Å². The van der Waals surface area contributed by atoms with E-state index in [0.29, 0.717) is 37.0 Å². The van der Waals surface area contributed by atoms with Crippen LogP contribution in [0.25, 0.3) is 16.8 Å². The predicted molar refractivity (Wildman–Crippen MR) is 115 cm³/mol. The molecule has 3 aromatic heterocycles. The van der Waals surface area contributed by atoms with E-state index >= 15 is 0 Å². The Hall–Kier alpha value is -3.68. The van der Waals surface area contributed by atoms with Crippen molar-refractivity contribution in [3.8, 4) is 22.8 Å². The Morgan fingerprint density at radius 3 is 2.84 bits per heavy atom. The fourth-order valence-electron chi connectivity index (χ4n) is 4.01. The number of benzene rings is 1. The highest BCUT2D eigenvalue weighted by atomic mass is 19.1. The maximum Gasteiger partial charge on any atom is 0.213 e. The third-order valence-electron chi connectivity index (χ3n) is 5.56. The molecule has 0 bridgehead atoms. The molecule has 0 atom stereocenters. The predicted octanol–water partition coefficient (Wildman–Crippen LogP) is 4.10. The molecule has 0 saturated carbocycles. The van der Waals surface area contributed by atoms with E-state index in [1.54, 1.807) is 25.6 Å². The SMILES string of the molecule is COc1cc(C)c(-c2cnc(NCc3c(F)ccc4c3CCO4)n3cc(C)nc23)cn1. The number of rotatable bonds is 5. The number of hydrogen-bond donors (Lipinski definition) is 1. The molecule has 4 aromatic rings. The average Bonchev–Trinajstić information content (AvgIpc) is 3.39. The number of pyridine rings is 1. The first kappa shape index (κ1) is 19.3. The van der Waals surface area contributed by atoms with Gasteiger partial charge in [0.1, 0.15) is 17.2 Å². The molecular weight excluding hydrogens is 397 g/mol. The number of nitrogens with zero attached hydrogens (tertiary/aromatic N) is 4. The average molecular weight is 419 g/mol. The fraction of sp³-hybridized carbons (Fsp3) is 0.261. The number of halogens is 1. The topological polar surface area (TPSA) is 73.6 Å². The van der Waals surface area contributed by atoms with Crippen LogP contribution < -0.4 is 14.8 Å². The molecule has 4 heterocycles. The van der Waals surface area contributed by atoms with Crippen molar-refractivity contribution in [1.82, 2.24) is 19.4 Å². The molecule has 1 aromatic carbocycles. The molecular formula is C23H22FN5O2. The molecule has 0 spiro atoms. The van der Waals surface area contributed by atoms with Crippen molar-refractivity contribution in [3.05, 3.63) is 65.0 Å². The maximum absolute atomic E-state index is 14.5. The minimum absolute atomic E-state index is 0.244. The van der Waals surface area contributed by atoms with E-state index in [0.717, 1.165) is 39.3 Å². The van der Waals surface area contributed by atoms with E-state index in [-0.39, 0.29) is 5.82 Å². The Morgan fingerprint density at radius 2 is 2.03 bits per heavy atom. The highest BCUT2D eigenvalue weighted by Crippen LogP contribution is 2.32. The van der Waals surface area contributed by atoms with Gasteiger partial charge < -0.3 is 14.8 Å². The zero-order valence-corrected chi connectivity index (χ0v) is 17.6. The molecule has 5 rings (SSSR count). The monoisotopic (exact) mass is 419 g/mol. The molecule has 8 heteroatoms. The van der Waals surface area contributed by atoms with E-state index < -0.39 is 0 Å². The molecule has 31 heavy (non-hydrogen) atoms. The first-order valence-corrected chi connectivity index (χ1v) is 10.1. The van der Waals surface area contributed by atoms with Crippen LogP contribution in [0.4, 0.5) is 10.3 Å². The Bertz CT molecular complexity index is 1300. The zero-order chi connectivity index (χ0) is 21.5. The fourth-order valence-corrected chi connectivity index (χ4v) is 4.01. The number of aryl methyl sites for hydroxylation is 2. The van der Waals surface area contributed by atoms with Gasteiger partial charge in [0.25, 0.3) is 0 Å². The maximum atomic E-state index is 14.5. The molecule has 0 saturated heterocycles. The number of ether oxygens (including phenoxy) is 2. The van der Waals surface area contributed by atoms with Crippen LogP contribution in [0.5, 0.6) is 11.6 Å². The van der Waals surface area contributed by atoms with E-state index in [1.807, 2.05) is 30.5 Å². The summed E-state index contributed by atoms with van der Waals surface area (Å²) in [7, 11) is 1.59. The number of imidazole rings is 1. The second kappa shape index (κ2) is 7.54. The third kappa shape index (κ3) is 3.34. The molecule has 0 amide bonds. The summed E-state index contributed by atoms with van der Waals surface area (Å²) in [6.45, 7) is 4.82. The number of nitrogens with one attached hydrogen (secondary N) is 1. The molecule has 158 valence electrons. The van der Waals surface area contributed by atoms with Gasteiger partial charge in [-0.2, -0.15) is 0 Å². The molecule has 1 aliphatic heterocycles. The molecule has 0 aliphatic carbocycles. The van der Waals surface area contributed by atoms with Gasteiger partial charge in [-0.25, -0.2) is 19.3 Å². The van der Waals surface area contributed by atoms with Gasteiger partial charge >= 0.3 is 0 Å². The van der Waals surface area contributed by atoms with E-state index in [9.17, 15) is 4.39 Å². The van der Waals surface area contributed by atoms with Crippen molar-refractivity contribution in [1.29, 1.82) is 0 Å². The van der Waals surface area contributed by atoms with Crippen LogP contribution in [0.2, 0.25) is 0 Å². The van der Waals surface area contributed by atoms with Gasteiger partial charge in [0.05, 0.1) is 19.4 Å². The number of hydrogen-bond acceptors (Lipinski definition) is 6. The van der Waals surface area contributed by atoms with Gasteiger partial charge in [-0.1, -0.05) is 0 Å². The minimum atomic E-state index is -0.244. The first-order valence-electron chi connectivity index (χ1n) is 10.1. The standard InChI is InChI=1S/C23H22FN5O2/c1-13-8-21(30-3)25-9-16(13)18-11-27-23(29-12-14(2)28-22(18)29)26-10-17-15-6-7-31-20(15)5-4-19(17)24/h4-5,8-9,11-12H,6-7,10H2,1-3H3,(H,26,27). The summed E-state index contributed by atoms with van der Waals surface area (Å²) in [6.07, 6.45) is 6.16. The molecule has 7 nitrogen and oxygen atoms in total. The number of anilines is 1. The number of aromatic nitrogens is 4. The normalized spacial score (nSPS) is 12.6. The van der Waals surface area contributed by atoms with Crippen LogP contribution in [0.3, 0.4) is 0 Å². The van der Waals surface area contributed by atoms with Gasteiger partial charge in [-0.15, -0.1) is 0 Å². The smallest absolute Gasteiger partial charge is 0.213 e. The number of methoxy groups -OCH3 is 1. The summed E-state index contributed by atoms with van der Waals surface area (Å²) in [5, 5.41) is 3.28. The van der Waals surface area contributed by atoms with Crippen LogP contribution in [0, 0.1) is 19.7 Å². The van der Waals surface area contributed by atoms with Gasteiger partial charge in [0.15, 0.2) is 0 Å². The van der Waals surface area contributed by atoms with Gasteiger partial charge in [0, 0.05) is 59.9 Å². The van der Waals surface area contributed by atoms with Gasteiger partial charge in [0.2, 0.25) is 11.8 Å². The van der Waals surface area contributed by atoms with Crippen molar-refractivity contribution in [2.75, 3.05) is 19.0 Å². The third-order valence-corrected chi connectivity index (χ3v) is 5.56. The van der Waals surface area contributed by atoms with Gasteiger partial charge in [-0.3, -0.25) is 4.40 Å². The highest BCUT2D eigenvalue weighted by molar-refractivity contribution is 5.80. The second-order valence-electron chi connectivity index (χ2n) is 7.57. The molecule has 1 N–H and O–H groups in total. The van der Waals surface area contributed by atoms with Crippen molar-refractivity contribution >= 4 is 11.6 Å². The van der Waals surface area contributed by atoms with Crippen molar-refractivity contribution in [3.63, 3.8) is 0 Å². The van der Waals surface area contributed by atoms with Crippen LogP contribution >= 0.6 is 0 Å². The van der Waals surface area contributed by atoms with Crippen LogP contribution in [0.1, 0.15) is 22.4 Å². The Labute approximate surface area is 178 Å². The van der Waals surface area contributed by atoms with Crippen molar-refractivity contribution in [2.24, 2.45) is 0 Å². The summed E-state index contributed by atoms with van der Waals surface area (Å²) in [4.78, 5) is 13.6. The van der Waals surface area contributed by atoms with Crippen LogP contribution in [-0.2, 0) is 13.0 Å². The summed E-state index contributed by atoms with van der Waals surface area (Å²) in [5.41, 5.74) is 5.96. The molecule has 0 fully saturated rings. The van der Waals surface area contributed by atoms with Crippen molar-refractivity contribution < 1.29 is 13.9 Å². The Kier molecular flexibility index (Phi) is 4.69. The molecule has 0 radical (unpaired) electrons. The second-order valence-corrected chi connectivity index (χ2v) is 7.57. The van der Waals surface area contributed by atoms with Crippen LogP contribution in [0.15, 0.2) is 36.8 Å². The number of fused-ring (bicyclic) bond motifs is 2. The summed E-state index contributed by atoms with van der Waals surface area (Å²) in [6, 6.07) is 5.03. The van der Waals surface area contributed by atoms with Crippen LogP contribution in [-0.4, -0.2) is 33.1 Å². The first-order chi connectivity index (χ1) is 15.0. The molecule has 0 unspecified atom stereocenters. The van der Waals surface area contributed by atoms with Crippen molar-refractivity contribution in [2.45, 2.75) is 26.8 Å². The largest absolute Gasteiger partial charge is 0.493 e. The lowest BCUT2D eigenvalue weighted by molar-refractivity contribution is 0.356. The quantitative estimate of drug-likeness (QED) is 0.525. The minimum Gasteiger partial charge on any atom is -0.493 e. The summed E-state index contributed by atoms with van der Waals surface area (Å²) >= 11 is 0. The Morgan fingerprint density at radius 1 is 1.19 bits per heavy atom. The lowest BCUT2D eigenvalue weighted by Gasteiger charge is -2.14. The summed E-state index contributed by atoms with van der Waals surface area (Å²) < 4.78 is 27.2. The lowest BCUT2D eigenvalue weighted by Crippen LogP contribution is -2.10. The van der Waals surface area contributed by atoms with E-state index in [1.165, 1.54) is 6.07 Å². The molecule has 1 aliphatic rings. The van der Waals surface area contributed by atoms with E-state index in [4.69, 9.17) is 14.5 Å². The zero-order valence-electron chi connectivity index (χ0n) is 17.6. The Balaban J connectivity index is 1.52. The lowest BCUT2D eigenvalue weighted by atomic mass is 10.0. The summed E-state index contributed by atoms with van der Waals surface area (Å²) in [5.74, 6) is 1.66.